The Morgan fingerprint density at radius 1 is 1.18 bits per heavy atom. The van der Waals surface area contributed by atoms with Crippen LogP contribution in [0.4, 0.5) is 8.78 Å². The standard InChI is InChI=1S/C30H39F2N3O4/c1-18-9-10-24(31)22(14-18)28-23(7-3-8-25(28)32)30(39,11-5-12-34-19(2)36)21-6-4-13-35(17-21)29(38)20-15-26(33)27(37)16-20/h3,7-10,14,20-21,26-27,37,39H,4-6,11-13,15-17,33H2,1-2H3,(H,34,36)/t20-,21?,26+,27-,30-/m0/s1. The first-order valence-corrected chi connectivity index (χ1v) is 13.8. The van der Waals surface area contributed by atoms with E-state index in [0.717, 1.165) is 5.56 Å². The number of carbonyl (C=O) groups excluding carboxylic acids is 2. The molecule has 1 saturated heterocycles. The summed E-state index contributed by atoms with van der Waals surface area (Å²) in [6.45, 7) is 4.27. The van der Waals surface area contributed by atoms with Gasteiger partial charge in [0.15, 0.2) is 0 Å². The second kappa shape index (κ2) is 12.1. The summed E-state index contributed by atoms with van der Waals surface area (Å²) in [5.74, 6) is -2.37. The van der Waals surface area contributed by atoms with Crippen molar-refractivity contribution in [1.29, 1.82) is 0 Å². The topological polar surface area (TPSA) is 116 Å². The van der Waals surface area contributed by atoms with Gasteiger partial charge < -0.3 is 26.2 Å². The van der Waals surface area contributed by atoms with E-state index in [-0.39, 0.29) is 47.4 Å². The van der Waals surface area contributed by atoms with Crippen LogP contribution in [0.3, 0.4) is 0 Å². The summed E-state index contributed by atoms with van der Waals surface area (Å²) < 4.78 is 30.6. The van der Waals surface area contributed by atoms with Crippen LogP contribution in [-0.2, 0) is 15.2 Å². The molecule has 39 heavy (non-hydrogen) atoms. The van der Waals surface area contributed by atoms with E-state index in [1.165, 1.54) is 25.1 Å². The first-order chi connectivity index (χ1) is 18.5. The molecular formula is C30H39F2N3O4. The van der Waals surface area contributed by atoms with Gasteiger partial charge in [0.2, 0.25) is 11.8 Å². The van der Waals surface area contributed by atoms with Gasteiger partial charge in [-0.25, -0.2) is 8.78 Å². The second-order valence-electron chi connectivity index (χ2n) is 11.2. The van der Waals surface area contributed by atoms with Crippen LogP contribution in [0, 0.1) is 30.4 Å². The molecule has 4 rings (SSSR count). The fraction of sp³-hybridized carbons (Fsp3) is 0.533. The van der Waals surface area contributed by atoms with Gasteiger partial charge >= 0.3 is 0 Å². The summed E-state index contributed by atoms with van der Waals surface area (Å²) in [5, 5.41) is 25.3. The minimum Gasteiger partial charge on any atom is -0.391 e. The molecule has 1 heterocycles. The molecule has 2 aliphatic rings. The molecule has 9 heteroatoms. The van der Waals surface area contributed by atoms with Crippen LogP contribution >= 0.6 is 0 Å². The van der Waals surface area contributed by atoms with Crippen LogP contribution in [0.1, 0.15) is 56.6 Å². The van der Waals surface area contributed by atoms with Crippen molar-refractivity contribution in [2.75, 3.05) is 19.6 Å². The Kier molecular flexibility index (Phi) is 9.03. The van der Waals surface area contributed by atoms with E-state index in [9.17, 15) is 19.8 Å². The van der Waals surface area contributed by atoms with E-state index in [1.807, 2.05) is 0 Å². The Morgan fingerprint density at radius 2 is 1.95 bits per heavy atom. The minimum absolute atomic E-state index is 0.00839. The number of carbonyl (C=O) groups is 2. The molecule has 2 amide bonds. The average molecular weight is 544 g/mol. The number of aliphatic hydroxyl groups is 2. The largest absolute Gasteiger partial charge is 0.391 e. The van der Waals surface area contributed by atoms with Crippen LogP contribution in [0.2, 0.25) is 0 Å². The molecule has 2 aromatic carbocycles. The number of hydrogen-bond donors (Lipinski definition) is 4. The smallest absolute Gasteiger partial charge is 0.225 e. The highest BCUT2D eigenvalue weighted by Crippen LogP contribution is 2.45. The van der Waals surface area contributed by atoms with Gasteiger partial charge in [-0.15, -0.1) is 0 Å². The lowest BCUT2D eigenvalue weighted by Crippen LogP contribution is -2.50. The zero-order valence-electron chi connectivity index (χ0n) is 22.6. The molecule has 0 spiro atoms. The molecule has 1 saturated carbocycles. The molecule has 0 radical (unpaired) electrons. The molecule has 2 aromatic rings. The summed E-state index contributed by atoms with van der Waals surface area (Å²) in [7, 11) is 0. The molecular weight excluding hydrogens is 504 g/mol. The lowest BCUT2D eigenvalue weighted by atomic mass is 9.72. The molecule has 1 aliphatic heterocycles. The maximum absolute atomic E-state index is 15.5. The van der Waals surface area contributed by atoms with Gasteiger partial charge in [-0.05, 0) is 69.2 Å². The van der Waals surface area contributed by atoms with Crippen LogP contribution in [0.15, 0.2) is 36.4 Å². The highest BCUT2D eigenvalue weighted by atomic mass is 19.1. The first-order valence-electron chi connectivity index (χ1n) is 13.8. The molecule has 1 aliphatic carbocycles. The quantitative estimate of drug-likeness (QED) is 0.381. The Bertz CT molecular complexity index is 1200. The maximum Gasteiger partial charge on any atom is 0.225 e. The highest BCUT2D eigenvalue weighted by Gasteiger charge is 2.45. The number of amides is 2. The van der Waals surface area contributed by atoms with Crippen LogP contribution in [0.25, 0.3) is 11.1 Å². The lowest BCUT2D eigenvalue weighted by Gasteiger charge is -2.44. The Morgan fingerprint density at radius 3 is 2.64 bits per heavy atom. The van der Waals surface area contributed by atoms with E-state index in [4.69, 9.17) is 5.73 Å². The van der Waals surface area contributed by atoms with Gasteiger partial charge in [0, 0.05) is 55.6 Å². The molecule has 5 atom stereocenters. The molecule has 7 nitrogen and oxygen atoms in total. The lowest BCUT2D eigenvalue weighted by molar-refractivity contribution is -0.141. The van der Waals surface area contributed by atoms with Crippen LogP contribution in [0.5, 0.6) is 0 Å². The third-order valence-electron chi connectivity index (χ3n) is 8.31. The zero-order valence-corrected chi connectivity index (χ0v) is 22.6. The Hall–Kier alpha value is -2.88. The fourth-order valence-electron chi connectivity index (χ4n) is 6.25. The predicted molar refractivity (Wildman–Crippen MR) is 144 cm³/mol. The number of nitrogens with zero attached hydrogens (tertiary/aromatic N) is 1. The van der Waals surface area contributed by atoms with Crippen LogP contribution < -0.4 is 11.1 Å². The summed E-state index contributed by atoms with van der Waals surface area (Å²) in [5.41, 5.74) is 5.45. The number of aryl methyl sites for hydroxylation is 1. The van der Waals surface area contributed by atoms with Crippen molar-refractivity contribution in [2.45, 2.75) is 70.1 Å². The number of nitrogens with two attached hydrogens (primary N) is 1. The maximum atomic E-state index is 15.5. The van der Waals surface area contributed by atoms with Crippen molar-refractivity contribution >= 4 is 11.8 Å². The Labute approximate surface area is 228 Å². The number of benzene rings is 2. The van der Waals surface area contributed by atoms with Crippen molar-refractivity contribution < 1.29 is 28.6 Å². The summed E-state index contributed by atoms with van der Waals surface area (Å²) in [6, 6.07) is 8.42. The third kappa shape index (κ3) is 6.31. The Balaban J connectivity index is 1.71. The van der Waals surface area contributed by atoms with Gasteiger partial charge in [0.1, 0.15) is 11.6 Å². The predicted octanol–water partition coefficient (Wildman–Crippen LogP) is 3.38. The summed E-state index contributed by atoms with van der Waals surface area (Å²) >= 11 is 0. The van der Waals surface area contributed by atoms with E-state index in [2.05, 4.69) is 5.32 Å². The molecule has 1 unspecified atom stereocenters. The highest BCUT2D eigenvalue weighted by molar-refractivity contribution is 5.79. The van der Waals surface area contributed by atoms with Gasteiger partial charge in [-0.3, -0.25) is 9.59 Å². The monoisotopic (exact) mass is 543 g/mol. The van der Waals surface area contributed by atoms with Gasteiger partial charge in [0.05, 0.1) is 11.7 Å². The molecule has 0 aromatic heterocycles. The zero-order chi connectivity index (χ0) is 28.3. The second-order valence-corrected chi connectivity index (χ2v) is 11.2. The normalized spacial score (nSPS) is 24.8. The molecule has 2 fully saturated rings. The molecule has 5 N–H and O–H groups in total. The number of piperidine rings is 1. The van der Waals surface area contributed by atoms with Crippen LogP contribution in [-0.4, -0.2) is 58.7 Å². The van der Waals surface area contributed by atoms with Crippen molar-refractivity contribution in [3.05, 3.63) is 59.2 Å². The number of halogens is 2. The minimum atomic E-state index is -1.60. The van der Waals surface area contributed by atoms with E-state index in [0.29, 0.717) is 45.2 Å². The summed E-state index contributed by atoms with van der Waals surface area (Å²) in [4.78, 5) is 26.5. The number of likely N-dealkylation sites (tertiary alicyclic amines) is 1. The SMILES string of the molecule is CC(=O)NCCC[C@@](O)(c1cccc(F)c1-c1cc(C)ccc1F)C1CCCN(C(=O)[C@H]2C[C@@H](N)[C@@H](O)C2)C1. The van der Waals surface area contributed by atoms with Gasteiger partial charge in [-0.1, -0.05) is 23.8 Å². The number of nitrogens with one attached hydrogen (secondary N) is 1. The van der Waals surface area contributed by atoms with Crippen molar-refractivity contribution in [2.24, 2.45) is 17.6 Å². The number of rotatable bonds is 8. The van der Waals surface area contributed by atoms with E-state index in [1.54, 1.807) is 30.0 Å². The average Bonchev–Trinajstić information content (AvgIpc) is 3.25. The van der Waals surface area contributed by atoms with Gasteiger partial charge in [-0.2, -0.15) is 0 Å². The molecule has 0 bridgehead atoms. The van der Waals surface area contributed by atoms with Gasteiger partial charge in [0.25, 0.3) is 0 Å². The number of hydrogen-bond acceptors (Lipinski definition) is 5. The van der Waals surface area contributed by atoms with Crippen molar-refractivity contribution in [3.8, 4) is 11.1 Å². The van der Waals surface area contributed by atoms with Crippen molar-refractivity contribution in [1.82, 2.24) is 10.2 Å². The number of aliphatic hydroxyl groups excluding tert-OH is 1. The summed E-state index contributed by atoms with van der Waals surface area (Å²) in [6.07, 6.45) is 1.79. The fourth-order valence-corrected chi connectivity index (χ4v) is 6.25. The van der Waals surface area contributed by atoms with Crippen molar-refractivity contribution in [3.63, 3.8) is 0 Å². The van der Waals surface area contributed by atoms with E-state index >= 15 is 8.78 Å². The third-order valence-corrected chi connectivity index (χ3v) is 8.31. The first kappa shape index (κ1) is 29.1. The molecule has 212 valence electrons. The van der Waals surface area contributed by atoms with E-state index < -0.39 is 35.3 Å².